The Morgan fingerprint density at radius 2 is 1.75 bits per heavy atom. The van der Waals surface area contributed by atoms with Crippen molar-refractivity contribution in [3.8, 4) is 0 Å². The molecule has 0 N–H and O–H groups in total. The summed E-state index contributed by atoms with van der Waals surface area (Å²) in [6.45, 7) is 0. The van der Waals surface area contributed by atoms with Crippen LogP contribution in [0.3, 0.4) is 0 Å². The summed E-state index contributed by atoms with van der Waals surface area (Å²) in [7, 11) is 0. The number of hydrogen-bond donors (Lipinski definition) is 0. The van der Waals surface area contributed by atoms with Gasteiger partial charge in [0.15, 0.2) is 5.78 Å². The fraction of sp³-hybridized carbons (Fsp3) is 0.429. The minimum Gasteiger partial charge on any atom is -0.300 e. The molecule has 1 aromatic rings. The third-order valence-corrected chi connectivity index (χ3v) is 4.03. The third kappa shape index (κ3) is 1.26. The summed E-state index contributed by atoms with van der Waals surface area (Å²) in [6, 6.07) is 7.81. The van der Waals surface area contributed by atoms with E-state index in [0.717, 1.165) is 30.4 Å². The Labute approximate surface area is 94.7 Å². The highest BCUT2D eigenvalue weighted by Gasteiger charge is 2.47. The van der Waals surface area contributed by atoms with Gasteiger partial charge in [0.2, 0.25) is 0 Å². The standard InChI is InChI=1S/C14H14O2/c15-11-6-8-14(9-11)7-5-10-3-1-2-4-12(10)13(14)16/h1-4H,5-9H2. The average molecular weight is 214 g/mol. The molecule has 0 aliphatic heterocycles. The van der Waals surface area contributed by atoms with Crippen LogP contribution in [-0.2, 0) is 11.2 Å². The van der Waals surface area contributed by atoms with Crippen LogP contribution in [0.4, 0.5) is 0 Å². The molecule has 0 radical (unpaired) electrons. The van der Waals surface area contributed by atoms with Gasteiger partial charge in [-0.3, -0.25) is 9.59 Å². The van der Waals surface area contributed by atoms with E-state index in [1.165, 1.54) is 0 Å². The summed E-state index contributed by atoms with van der Waals surface area (Å²) in [4.78, 5) is 23.9. The Bertz CT molecular complexity index is 475. The van der Waals surface area contributed by atoms with E-state index in [-0.39, 0.29) is 17.0 Å². The lowest BCUT2D eigenvalue weighted by Gasteiger charge is -2.32. The van der Waals surface area contributed by atoms with Crippen LogP contribution < -0.4 is 0 Å². The number of hydrogen-bond acceptors (Lipinski definition) is 2. The molecule has 82 valence electrons. The maximum atomic E-state index is 12.4. The monoisotopic (exact) mass is 214 g/mol. The average Bonchev–Trinajstić information content (AvgIpc) is 2.68. The zero-order valence-corrected chi connectivity index (χ0v) is 9.16. The number of rotatable bonds is 0. The largest absolute Gasteiger partial charge is 0.300 e. The smallest absolute Gasteiger partial charge is 0.169 e. The molecule has 0 saturated heterocycles. The molecule has 0 amide bonds. The number of carbonyl (C=O) groups is 2. The van der Waals surface area contributed by atoms with Crippen LogP contribution in [0.2, 0.25) is 0 Å². The number of Topliss-reactive ketones (excluding diaryl/α,β-unsaturated/α-hetero) is 2. The first-order valence-electron chi connectivity index (χ1n) is 5.86. The van der Waals surface area contributed by atoms with E-state index in [9.17, 15) is 9.59 Å². The molecule has 0 heterocycles. The van der Waals surface area contributed by atoms with Crippen molar-refractivity contribution in [3.05, 3.63) is 35.4 Å². The summed E-state index contributed by atoms with van der Waals surface area (Å²) in [5, 5.41) is 0. The molecule has 1 atom stereocenters. The molecule has 1 fully saturated rings. The SMILES string of the molecule is O=C1CCC2(CCc3ccccc3C2=O)C1. The van der Waals surface area contributed by atoms with Crippen molar-refractivity contribution in [2.45, 2.75) is 32.1 Å². The van der Waals surface area contributed by atoms with Crippen LogP contribution in [0.5, 0.6) is 0 Å². The second kappa shape index (κ2) is 3.27. The van der Waals surface area contributed by atoms with Gasteiger partial charge in [-0.15, -0.1) is 0 Å². The zero-order chi connectivity index (χ0) is 11.2. The van der Waals surface area contributed by atoms with Gasteiger partial charge in [-0.25, -0.2) is 0 Å². The first kappa shape index (κ1) is 9.76. The molecule has 0 bridgehead atoms. The van der Waals surface area contributed by atoms with Gasteiger partial charge in [0.1, 0.15) is 5.78 Å². The van der Waals surface area contributed by atoms with Gasteiger partial charge in [-0.1, -0.05) is 24.3 Å². The van der Waals surface area contributed by atoms with Crippen LogP contribution in [0.15, 0.2) is 24.3 Å². The number of ketones is 2. The molecule has 2 heteroatoms. The quantitative estimate of drug-likeness (QED) is 0.665. The molecule has 1 unspecified atom stereocenters. The minimum atomic E-state index is -0.342. The van der Waals surface area contributed by atoms with Gasteiger partial charge >= 0.3 is 0 Å². The van der Waals surface area contributed by atoms with E-state index in [1.54, 1.807) is 0 Å². The van der Waals surface area contributed by atoms with Gasteiger partial charge in [-0.2, -0.15) is 0 Å². The number of fused-ring (bicyclic) bond motifs is 1. The maximum Gasteiger partial charge on any atom is 0.169 e. The van der Waals surface area contributed by atoms with Crippen molar-refractivity contribution in [1.29, 1.82) is 0 Å². The molecule has 2 aliphatic carbocycles. The van der Waals surface area contributed by atoms with Crippen LogP contribution in [-0.4, -0.2) is 11.6 Å². The van der Waals surface area contributed by atoms with Crippen molar-refractivity contribution in [2.75, 3.05) is 0 Å². The summed E-state index contributed by atoms with van der Waals surface area (Å²) >= 11 is 0. The first-order chi connectivity index (χ1) is 7.71. The predicted octanol–water partition coefficient (Wildman–Crippen LogP) is 2.55. The molecule has 1 spiro atoms. The zero-order valence-electron chi connectivity index (χ0n) is 9.16. The lowest BCUT2D eigenvalue weighted by atomic mass is 9.69. The molecular weight excluding hydrogens is 200 g/mol. The van der Waals surface area contributed by atoms with Gasteiger partial charge in [-0.05, 0) is 24.8 Å². The predicted molar refractivity (Wildman–Crippen MR) is 60.4 cm³/mol. The Morgan fingerprint density at radius 1 is 1.00 bits per heavy atom. The van der Waals surface area contributed by atoms with Gasteiger partial charge in [0.05, 0.1) is 0 Å². The lowest BCUT2D eigenvalue weighted by Crippen LogP contribution is -2.33. The normalized spacial score (nSPS) is 28.5. The van der Waals surface area contributed by atoms with Crippen LogP contribution in [0.1, 0.15) is 41.6 Å². The Kier molecular flexibility index (Phi) is 2.00. The Balaban J connectivity index is 2.04. The van der Waals surface area contributed by atoms with E-state index in [2.05, 4.69) is 0 Å². The van der Waals surface area contributed by atoms with Crippen molar-refractivity contribution < 1.29 is 9.59 Å². The molecule has 0 aromatic heterocycles. The van der Waals surface area contributed by atoms with Crippen molar-refractivity contribution in [2.24, 2.45) is 5.41 Å². The molecule has 16 heavy (non-hydrogen) atoms. The fourth-order valence-electron chi connectivity index (χ4n) is 3.07. The molecule has 1 aromatic carbocycles. The molecule has 2 nitrogen and oxygen atoms in total. The molecular formula is C14H14O2. The highest BCUT2D eigenvalue weighted by atomic mass is 16.1. The molecule has 1 saturated carbocycles. The van der Waals surface area contributed by atoms with Crippen LogP contribution in [0.25, 0.3) is 0 Å². The van der Waals surface area contributed by atoms with Gasteiger partial charge in [0.25, 0.3) is 0 Å². The second-order valence-corrected chi connectivity index (χ2v) is 4.98. The van der Waals surface area contributed by atoms with Crippen molar-refractivity contribution >= 4 is 11.6 Å². The van der Waals surface area contributed by atoms with Crippen molar-refractivity contribution in [1.82, 2.24) is 0 Å². The summed E-state index contributed by atoms with van der Waals surface area (Å²) in [5.74, 6) is 0.466. The molecule has 2 aliphatic rings. The Morgan fingerprint density at radius 3 is 2.50 bits per heavy atom. The minimum absolute atomic E-state index is 0.209. The van der Waals surface area contributed by atoms with Crippen LogP contribution in [0, 0.1) is 5.41 Å². The van der Waals surface area contributed by atoms with E-state index in [1.807, 2.05) is 24.3 Å². The maximum absolute atomic E-state index is 12.4. The van der Waals surface area contributed by atoms with Crippen molar-refractivity contribution in [3.63, 3.8) is 0 Å². The second-order valence-electron chi connectivity index (χ2n) is 4.98. The van der Waals surface area contributed by atoms with Crippen LogP contribution >= 0.6 is 0 Å². The highest BCUT2D eigenvalue weighted by molar-refractivity contribution is 6.06. The highest BCUT2D eigenvalue weighted by Crippen LogP contribution is 2.46. The topological polar surface area (TPSA) is 34.1 Å². The number of benzene rings is 1. The van der Waals surface area contributed by atoms with E-state index >= 15 is 0 Å². The summed E-state index contributed by atoms with van der Waals surface area (Å²) in [5.41, 5.74) is 1.66. The summed E-state index contributed by atoms with van der Waals surface area (Å²) in [6.07, 6.45) is 3.62. The lowest BCUT2D eigenvalue weighted by molar-refractivity contribution is -0.117. The van der Waals surface area contributed by atoms with E-state index < -0.39 is 0 Å². The summed E-state index contributed by atoms with van der Waals surface area (Å²) < 4.78 is 0. The number of carbonyl (C=O) groups excluding carboxylic acids is 2. The fourth-order valence-corrected chi connectivity index (χ4v) is 3.07. The first-order valence-corrected chi connectivity index (χ1v) is 5.86. The molecule has 3 rings (SSSR count). The van der Waals surface area contributed by atoms with E-state index in [0.29, 0.717) is 12.8 Å². The Hall–Kier alpha value is -1.44. The van der Waals surface area contributed by atoms with Gasteiger partial charge < -0.3 is 0 Å². The van der Waals surface area contributed by atoms with E-state index in [4.69, 9.17) is 0 Å². The van der Waals surface area contributed by atoms with Gasteiger partial charge in [0, 0.05) is 23.8 Å². The third-order valence-electron chi connectivity index (χ3n) is 4.03. The number of aryl methyl sites for hydroxylation is 1.